The lowest BCUT2D eigenvalue weighted by molar-refractivity contribution is -0.118. The van der Waals surface area contributed by atoms with Crippen LogP contribution in [0.4, 0.5) is 0 Å². The summed E-state index contributed by atoms with van der Waals surface area (Å²) in [4.78, 5) is 11.3. The van der Waals surface area contributed by atoms with E-state index in [9.17, 15) is 9.00 Å². The van der Waals surface area contributed by atoms with Crippen LogP contribution in [0.15, 0.2) is 30.3 Å². The molecule has 4 heteroatoms. The van der Waals surface area contributed by atoms with E-state index in [0.717, 1.165) is 12.0 Å². The van der Waals surface area contributed by atoms with Crippen molar-refractivity contribution in [1.29, 1.82) is 0 Å². The predicted molar refractivity (Wildman–Crippen MR) is 66.5 cm³/mol. The first-order chi connectivity index (χ1) is 7.72. The third-order valence-corrected chi connectivity index (χ3v) is 3.27. The van der Waals surface area contributed by atoms with Crippen molar-refractivity contribution >= 4 is 16.7 Å². The molecule has 0 radical (unpaired) electrons. The summed E-state index contributed by atoms with van der Waals surface area (Å²) in [7, 11) is -1.12. The van der Waals surface area contributed by atoms with Gasteiger partial charge in [0, 0.05) is 23.1 Å². The van der Waals surface area contributed by atoms with Crippen LogP contribution in [-0.2, 0) is 21.3 Å². The Morgan fingerprint density at radius 1 is 1.31 bits per heavy atom. The van der Waals surface area contributed by atoms with Gasteiger partial charge in [0.1, 0.15) is 5.75 Å². The highest BCUT2D eigenvalue weighted by Crippen LogP contribution is 2.02. The average molecular weight is 239 g/mol. The molecule has 1 aromatic rings. The van der Waals surface area contributed by atoms with Gasteiger partial charge < -0.3 is 5.32 Å². The van der Waals surface area contributed by atoms with Crippen molar-refractivity contribution in [1.82, 2.24) is 5.32 Å². The van der Waals surface area contributed by atoms with Crippen molar-refractivity contribution in [3.8, 4) is 0 Å². The third-order valence-electron chi connectivity index (χ3n) is 2.03. The van der Waals surface area contributed by atoms with Crippen molar-refractivity contribution in [3.05, 3.63) is 35.9 Å². The predicted octanol–water partition coefficient (Wildman–Crippen LogP) is 1.46. The van der Waals surface area contributed by atoms with Crippen molar-refractivity contribution in [2.24, 2.45) is 0 Å². The lowest BCUT2D eigenvalue weighted by Gasteiger charge is -2.03. The summed E-state index contributed by atoms with van der Waals surface area (Å²) < 4.78 is 11.6. The second-order valence-corrected chi connectivity index (χ2v) is 5.02. The average Bonchev–Trinajstić information content (AvgIpc) is 2.27. The first-order valence-electron chi connectivity index (χ1n) is 5.38. The van der Waals surface area contributed by atoms with Crippen molar-refractivity contribution in [2.45, 2.75) is 19.1 Å². The smallest absolute Gasteiger partial charge is 0.232 e. The van der Waals surface area contributed by atoms with E-state index in [1.54, 1.807) is 0 Å². The van der Waals surface area contributed by atoms with Gasteiger partial charge in [-0.2, -0.15) is 0 Å². The zero-order valence-electron chi connectivity index (χ0n) is 9.44. The molecule has 0 aliphatic carbocycles. The Hall–Kier alpha value is -1.16. The molecule has 0 bridgehead atoms. The van der Waals surface area contributed by atoms with Crippen LogP contribution in [0.3, 0.4) is 0 Å². The molecule has 0 unspecified atom stereocenters. The van der Waals surface area contributed by atoms with E-state index < -0.39 is 10.8 Å². The fourth-order valence-corrected chi connectivity index (χ4v) is 2.33. The Morgan fingerprint density at radius 3 is 2.62 bits per heavy atom. The van der Waals surface area contributed by atoms with Gasteiger partial charge >= 0.3 is 0 Å². The van der Waals surface area contributed by atoms with Crippen LogP contribution in [0.2, 0.25) is 0 Å². The fraction of sp³-hybridized carbons (Fsp3) is 0.417. The molecule has 0 aliphatic heterocycles. The summed E-state index contributed by atoms with van der Waals surface area (Å²) in [6, 6.07) is 9.57. The molecular weight excluding hydrogens is 222 g/mol. The van der Waals surface area contributed by atoms with Crippen LogP contribution < -0.4 is 5.32 Å². The van der Waals surface area contributed by atoms with Gasteiger partial charge in [0.25, 0.3) is 0 Å². The minimum Gasteiger partial charge on any atom is -0.355 e. The van der Waals surface area contributed by atoms with Crippen molar-refractivity contribution in [3.63, 3.8) is 0 Å². The Balaban J connectivity index is 2.34. The third kappa shape index (κ3) is 5.07. The number of hydrogen-bond acceptors (Lipinski definition) is 2. The first kappa shape index (κ1) is 12.9. The molecule has 0 aromatic heterocycles. The van der Waals surface area contributed by atoms with Crippen molar-refractivity contribution in [2.75, 3.05) is 12.3 Å². The van der Waals surface area contributed by atoms with E-state index in [4.69, 9.17) is 0 Å². The van der Waals surface area contributed by atoms with Crippen LogP contribution in [0.25, 0.3) is 0 Å². The molecular formula is C12H17NO2S. The SMILES string of the molecule is CCCNC(=O)C[S@](=O)Cc1ccccc1. The number of carbonyl (C=O) groups excluding carboxylic acids is 1. The Bertz CT molecular complexity index is 351. The normalized spacial score (nSPS) is 12.1. The Kier molecular flexibility index (Phi) is 5.78. The minimum atomic E-state index is -1.12. The fourth-order valence-electron chi connectivity index (χ4n) is 1.27. The highest BCUT2D eigenvalue weighted by Gasteiger charge is 2.07. The molecule has 0 aliphatic rings. The second-order valence-electron chi connectivity index (χ2n) is 3.56. The molecule has 1 amide bonds. The van der Waals surface area contributed by atoms with Crippen LogP contribution in [-0.4, -0.2) is 22.4 Å². The monoisotopic (exact) mass is 239 g/mol. The van der Waals surface area contributed by atoms with Gasteiger partial charge in [-0.15, -0.1) is 0 Å². The standard InChI is InChI=1S/C12H17NO2S/c1-2-8-13-12(14)10-16(15)9-11-6-4-3-5-7-11/h3-7H,2,8-10H2,1H3,(H,13,14)/t16-/m1/s1. The zero-order chi connectivity index (χ0) is 11.8. The highest BCUT2D eigenvalue weighted by atomic mass is 32.2. The molecule has 3 nitrogen and oxygen atoms in total. The van der Waals surface area contributed by atoms with E-state index in [2.05, 4.69) is 5.32 Å². The van der Waals surface area contributed by atoms with E-state index >= 15 is 0 Å². The van der Waals surface area contributed by atoms with Crippen molar-refractivity contribution < 1.29 is 9.00 Å². The molecule has 1 N–H and O–H groups in total. The topological polar surface area (TPSA) is 46.2 Å². The van der Waals surface area contributed by atoms with Gasteiger partial charge in [0.2, 0.25) is 5.91 Å². The number of benzene rings is 1. The quantitative estimate of drug-likeness (QED) is 0.817. The summed E-state index contributed by atoms with van der Waals surface area (Å²) in [5.41, 5.74) is 1.00. The first-order valence-corrected chi connectivity index (χ1v) is 6.86. The van der Waals surface area contributed by atoms with Gasteiger partial charge in [-0.05, 0) is 12.0 Å². The highest BCUT2D eigenvalue weighted by molar-refractivity contribution is 7.84. The Morgan fingerprint density at radius 2 is 2.00 bits per heavy atom. The maximum Gasteiger partial charge on any atom is 0.232 e. The van der Waals surface area contributed by atoms with Gasteiger partial charge in [-0.3, -0.25) is 9.00 Å². The van der Waals surface area contributed by atoms with E-state index in [1.165, 1.54) is 0 Å². The lowest BCUT2D eigenvalue weighted by atomic mass is 10.2. The Labute approximate surface area is 98.7 Å². The molecule has 0 spiro atoms. The molecule has 1 aromatic carbocycles. The van der Waals surface area contributed by atoms with Gasteiger partial charge in [-0.25, -0.2) is 0 Å². The summed E-state index contributed by atoms with van der Waals surface area (Å²) >= 11 is 0. The molecule has 0 saturated carbocycles. The number of rotatable bonds is 6. The molecule has 88 valence electrons. The maximum atomic E-state index is 11.6. The summed E-state index contributed by atoms with van der Waals surface area (Å²) in [5.74, 6) is 0.408. The van der Waals surface area contributed by atoms with E-state index in [0.29, 0.717) is 12.3 Å². The van der Waals surface area contributed by atoms with Crippen LogP contribution in [0, 0.1) is 0 Å². The largest absolute Gasteiger partial charge is 0.355 e. The van der Waals surface area contributed by atoms with Crippen LogP contribution in [0.1, 0.15) is 18.9 Å². The number of hydrogen-bond donors (Lipinski definition) is 1. The number of nitrogens with one attached hydrogen (secondary N) is 1. The molecule has 0 heterocycles. The summed E-state index contributed by atoms with van der Waals surface area (Å²) in [6.45, 7) is 2.64. The minimum absolute atomic E-state index is 0.0922. The number of amides is 1. The van der Waals surface area contributed by atoms with Gasteiger partial charge in [0.05, 0.1) is 0 Å². The molecule has 16 heavy (non-hydrogen) atoms. The summed E-state index contributed by atoms with van der Waals surface area (Å²) in [5, 5.41) is 2.72. The molecule has 0 saturated heterocycles. The molecule has 1 rings (SSSR count). The number of carbonyl (C=O) groups is 1. The van der Waals surface area contributed by atoms with Crippen LogP contribution >= 0.6 is 0 Å². The van der Waals surface area contributed by atoms with E-state index in [-0.39, 0.29) is 11.7 Å². The molecule has 0 fully saturated rings. The van der Waals surface area contributed by atoms with Crippen LogP contribution in [0.5, 0.6) is 0 Å². The summed E-state index contributed by atoms with van der Waals surface area (Å²) in [6.07, 6.45) is 0.900. The molecule has 1 atom stereocenters. The zero-order valence-corrected chi connectivity index (χ0v) is 10.3. The van der Waals surface area contributed by atoms with Gasteiger partial charge in [0.15, 0.2) is 0 Å². The second kappa shape index (κ2) is 7.17. The maximum absolute atomic E-state index is 11.6. The van der Waals surface area contributed by atoms with E-state index in [1.807, 2.05) is 37.3 Å². The lowest BCUT2D eigenvalue weighted by Crippen LogP contribution is -2.29. The van der Waals surface area contributed by atoms with Gasteiger partial charge in [-0.1, -0.05) is 37.3 Å².